The van der Waals surface area contributed by atoms with Gasteiger partial charge >= 0.3 is 0 Å². The van der Waals surface area contributed by atoms with E-state index in [1.54, 1.807) is 21.9 Å². The van der Waals surface area contributed by atoms with Gasteiger partial charge in [-0.1, -0.05) is 57.5 Å². The molecule has 8 heteroatoms. The predicted octanol–water partition coefficient (Wildman–Crippen LogP) is 5.31. The number of nitrogens with zero attached hydrogens (tertiary/aromatic N) is 2. The molecule has 2 aromatic carbocycles. The first kappa shape index (κ1) is 22.9. The van der Waals surface area contributed by atoms with Crippen molar-refractivity contribution >= 4 is 66.6 Å². The zero-order valence-corrected chi connectivity index (χ0v) is 20.6. The van der Waals surface area contributed by atoms with Crippen LogP contribution in [0.1, 0.15) is 59.2 Å². The third-order valence-electron chi connectivity index (χ3n) is 5.88. The molecule has 32 heavy (non-hydrogen) atoms. The number of carbonyl (C=O) groups is 4. The van der Waals surface area contributed by atoms with Crippen molar-refractivity contribution < 1.29 is 19.2 Å². The Morgan fingerprint density at radius 2 is 0.938 bits per heavy atom. The van der Waals surface area contributed by atoms with Crippen molar-refractivity contribution in [2.75, 3.05) is 22.9 Å². The molecule has 0 unspecified atom stereocenters. The van der Waals surface area contributed by atoms with Crippen molar-refractivity contribution in [3.05, 3.63) is 56.5 Å². The summed E-state index contributed by atoms with van der Waals surface area (Å²) >= 11 is 6.68. The van der Waals surface area contributed by atoms with Crippen LogP contribution in [0.4, 0.5) is 11.4 Å². The fourth-order valence-corrected chi connectivity index (χ4v) is 4.96. The summed E-state index contributed by atoms with van der Waals surface area (Å²) in [6.45, 7) is 1.08. The van der Waals surface area contributed by atoms with Gasteiger partial charge in [-0.15, -0.1) is 0 Å². The average molecular weight is 562 g/mol. The quantitative estimate of drug-likeness (QED) is 0.307. The SMILES string of the molecule is O=C1C(=O)N(CCCCCCCCN2C(=O)C(=O)c3cc(Br)ccc32)c2ccc(Br)cc21. The van der Waals surface area contributed by atoms with Gasteiger partial charge < -0.3 is 9.80 Å². The number of fused-ring (bicyclic) bond motifs is 2. The van der Waals surface area contributed by atoms with Crippen LogP contribution in [0.15, 0.2) is 45.3 Å². The van der Waals surface area contributed by atoms with E-state index >= 15 is 0 Å². The number of hydrogen-bond acceptors (Lipinski definition) is 4. The van der Waals surface area contributed by atoms with E-state index in [1.807, 2.05) is 24.3 Å². The minimum atomic E-state index is -0.449. The number of carbonyl (C=O) groups excluding carboxylic acids is 4. The molecule has 0 fully saturated rings. The summed E-state index contributed by atoms with van der Waals surface area (Å²) in [6, 6.07) is 10.7. The van der Waals surface area contributed by atoms with Crippen LogP contribution in [0.25, 0.3) is 0 Å². The molecule has 4 rings (SSSR count). The van der Waals surface area contributed by atoms with Crippen LogP contribution in [0.3, 0.4) is 0 Å². The number of ketones is 2. The van der Waals surface area contributed by atoms with E-state index in [0.717, 1.165) is 47.5 Å². The van der Waals surface area contributed by atoms with Gasteiger partial charge in [-0.25, -0.2) is 0 Å². The zero-order chi connectivity index (χ0) is 22.8. The lowest BCUT2D eigenvalue weighted by Gasteiger charge is -2.17. The first-order valence-corrected chi connectivity index (χ1v) is 12.3. The number of rotatable bonds is 9. The smallest absolute Gasteiger partial charge is 0.299 e. The molecule has 0 N–H and O–H groups in total. The van der Waals surface area contributed by atoms with Crippen molar-refractivity contribution in [3.63, 3.8) is 0 Å². The van der Waals surface area contributed by atoms with Gasteiger partial charge in [-0.2, -0.15) is 0 Å². The monoisotopic (exact) mass is 560 g/mol. The molecule has 2 amide bonds. The lowest BCUT2D eigenvalue weighted by Crippen LogP contribution is -2.30. The van der Waals surface area contributed by atoms with Gasteiger partial charge in [0.1, 0.15) is 0 Å². The van der Waals surface area contributed by atoms with Crippen LogP contribution in [0.5, 0.6) is 0 Å². The maximum absolute atomic E-state index is 12.3. The number of benzene rings is 2. The molecule has 0 aromatic heterocycles. The summed E-state index contributed by atoms with van der Waals surface area (Å²) in [5, 5.41) is 0. The highest BCUT2D eigenvalue weighted by atomic mass is 79.9. The van der Waals surface area contributed by atoms with E-state index in [4.69, 9.17) is 0 Å². The van der Waals surface area contributed by atoms with E-state index in [1.165, 1.54) is 0 Å². The summed E-state index contributed by atoms with van der Waals surface area (Å²) in [5.41, 5.74) is 2.32. The van der Waals surface area contributed by atoms with Crippen LogP contribution in [0.2, 0.25) is 0 Å². The Balaban J connectivity index is 1.17. The third kappa shape index (κ3) is 4.43. The summed E-state index contributed by atoms with van der Waals surface area (Å²) in [5.74, 6) is -1.78. The zero-order valence-electron chi connectivity index (χ0n) is 17.4. The molecule has 2 aromatic rings. The van der Waals surface area contributed by atoms with Gasteiger partial charge in [0.15, 0.2) is 0 Å². The van der Waals surface area contributed by atoms with Crippen LogP contribution in [-0.2, 0) is 9.59 Å². The number of amides is 2. The molecule has 2 aliphatic heterocycles. The Hall–Kier alpha value is -2.32. The predicted molar refractivity (Wildman–Crippen MR) is 129 cm³/mol. The first-order valence-electron chi connectivity index (χ1n) is 10.7. The number of Topliss-reactive ketones (excluding diaryl/α,β-unsaturated/α-hetero) is 2. The lowest BCUT2D eigenvalue weighted by molar-refractivity contribution is -0.114. The molecule has 0 radical (unpaired) electrons. The second kappa shape index (κ2) is 9.67. The highest BCUT2D eigenvalue weighted by Crippen LogP contribution is 2.33. The molecule has 0 bridgehead atoms. The van der Waals surface area contributed by atoms with E-state index < -0.39 is 23.4 Å². The molecular weight excluding hydrogens is 540 g/mol. The summed E-state index contributed by atoms with van der Waals surface area (Å²) < 4.78 is 1.58. The molecule has 0 aliphatic carbocycles. The van der Waals surface area contributed by atoms with Crippen molar-refractivity contribution in [1.82, 2.24) is 0 Å². The fourth-order valence-electron chi connectivity index (χ4n) is 4.24. The molecule has 0 atom stereocenters. The van der Waals surface area contributed by atoms with E-state index in [9.17, 15) is 19.2 Å². The highest BCUT2D eigenvalue weighted by Gasteiger charge is 2.36. The summed E-state index contributed by atoms with van der Waals surface area (Å²) in [4.78, 5) is 52.0. The highest BCUT2D eigenvalue weighted by molar-refractivity contribution is 9.10. The fraction of sp³-hybridized carbons (Fsp3) is 0.333. The number of halogens is 2. The molecule has 0 saturated heterocycles. The van der Waals surface area contributed by atoms with Crippen LogP contribution in [-0.4, -0.2) is 36.5 Å². The van der Waals surface area contributed by atoms with Crippen LogP contribution >= 0.6 is 31.9 Å². The van der Waals surface area contributed by atoms with Gasteiger partial charge in [0.05, 0.1) is 22.5 Å². The molecule has 6 nitrogen and oxygen atoms in total. The van der Waals surface area contributed by atoms with Crippen LogP contribution < -0.4 is 9.80 Å². The minimum absolute atomic E-state index is 0.440. The Labute approximate surface area is 203 Å². The third-order valence-corrected chi connectivity index (χ3v) is 6.87. The van der Waals surface area contributed by atoms with Gasteiger partial charge in [-0.3, -0.25) is 19.2 Å². The minimum Gasteiger partial charge on any atom is -0.305 e. The van der Waals surface area contributed by atoms with Crippen molar-refractivity contribution in [3.8, 4) is 0 Å². The second-order valence-corrected chi connectivity index (χ2v) is 9.85. The maximum atomic E-state index is 12.3. The normalized spacial score (nSPS) is 15.1. The lowest BCUT2D eigenvalue weighted by atomic mass is 10.1. The second-order valence-electron chi connectivity index (χ2n) is 8.02. The largest absolute Gasteiger partial charge is 0.305 e. The van der Waals surface area contributed by atoms with Gasteiger partial charge in [0.25, 0.3) is 23.4 Å². The Bertz CT molecular complexity index is 1030. The van der Waals surface area contributed by atoms with E-state index in [0.29, 0.717) is 35.6 Å². The standard InChI is InChI=1S/C24H22Br2N2O4/c25-15-7-9-19-17(13-15)21(29)23(31)27(19)11-5-3-1-2-4-6-12-28-20-10-8-16(26)14-18(20)22(30)24(28)32/h7-10,13-14H,1-6,11-12H2. The summed E-state index contributed by atoms with van der Waals surface area (Å²) in [7, 11) is 0. The van der Waals surface area contributed by atoms with Gasteiger partial charge in [0, 0.05) is 22.0 Å². The molecule has 0 spiro atoms. The van der Waals surface area contributed by atoms with Crippen LogP contribution in [0, 0.1) is 0 Å². The Morgan fingerprint density at radius 3 is 1.34 bits per heavy atom. The first-order chi connectivity index (χ1) is 15.4. The summed E-state index contributed by atoms with van der Waals surface area (Å²) in [6.07, 6.45) is 5.61. The number of unbranched alkanes of at least 4 members (excludes halogenated alkanes) is 5. The van der Waals surface area contributed by atoms with Gasteiger partial charge in [-0.05, 0) is 49.2 Å². The molecule has 2 aliphatic rings. The average Bonchev–Trinajstić information content (AvgIpc) is 3.15. The molecular formula is C24H22Br2N2O4. The molecule has 0 saturated carbocycles. The van der Waals surface area contributed by atoms with E-state index in [2.05, 4.69) is 31.9 Å². The molecule has 2 heterocycles. The Morgan fingerprint density at radius 1 is 0.562 bits per heavy atom. The van der Waals surface area contributed by atoms with Crippen molar-refractivity contribution in [1.29, 1.82) is 0 Å². The molecule has 166 valence electrons. The van der Waals surface area contributed by atoms with E-state index in [-0.39, 0.29) is 0 Å². The number of anilines is 2. The van der Waals surface area contributed by atoms with Crippen molar-refractivity contribution in [2.45, 2.75) is 38.5 Å². The number of hydrogen-bond donors (Lipinski definition) is 0. The Kier molecular flexibility index (Phi) is 6.90. The van der Waals surface area contributed by atoms with Gasteiger partial charge in [0.2, 0.25) is 0 Å². The van der Waals surface area contributed by atoms with Crippen molar-refractivity contribution in [2.24, 2.45) is 0 Å². The maximum Gasteiger partial charge on any atom is 0.299 e. The topological polar surface area (TPSA) is 74.8 Å².